The largest absolute Gasteiger partial charge is 0.516 e. The maximum absolute atomic E-state index is 12.1. The molecule has 0 fully saturated rings. The molecule has 0 radical (unpaired) electrons. The Morgan fingerprint density at radius 1 is 1.40 bits per heavy atom. The predicted octanol–water partition coefficient (Wildman–Crippen LogP) is 1.82. The van der Waals surface area contributed by atoms with Crippen molar-refractivity contribution in [3.05, 3.63) is 18.0 Å². The summed E-state index contributed by atoms with van der Waals surface area (Å²) in [6, 6.07) is 1.16. The third kappa shape index (κ3) is 3.50. The van der Waals surface area contributed by atoms with Crippen molar-refractivity contribution in [3.63, 3.8) is 0 Å². The zero-order valence-corrected chi connectivity index (χ0v) is 11.6. The van der Waals surface area contributed by atoms with Gasteiger partial charge in [0.25, 0.3) is 5.91 Å². The van der Waals surface area contributed by atoms with Gasteiger partial charge in [-0.3, -0.25) is 9.48 Å². The van der Waals surface area contributed by atoms with Gasteiger partial charge in [-0.1, -0.05) is 13.8 Å². The van der Waals surface area contributed by atoms with Gasteiger partial charge in [-0.05, 0) is 18.9 Å². The van der Waals surface area contributed by atoms with E-state index in [2.05, 4.69) is 5.10 Å². The topological polar surface area (TPSA) is 81.1 Å². The minimum absolute atomic E-state index is 0.00391. The highest BCUT2D eigenvalue weighted by atomic mass is 32.2. The summed E-state index contributed by atoms with van der Waals surface area (Å²) in [7, 11) is -5.72. The van der Waals surface area contributed by atoms with Crippen molar-refractivity contribution in [1.82, 2.24) is 14.5 Å². The molecule has 0 aliphatic heterocycles. The second kappa shape index (κ2) is 5.81. The van der Waals surface area contributed by atoms with Crippen LogP contribution in [0.2, 0.25) is 0 Å². The van der Waals surface area contributed by atoms with Crippen molar-refractivity contribution in [2.75, 3.05) is 0 Å². The van der Waals surface area contributed by atoms with Gasteiger partial charge in [0.05, 0.1) is 6.04 Å². The molecule has 0 aliphatic carbocycles. The van der Waals surface area contributed by atoms with E-state index in [1.54, 1.807) is 0 Å². The first kappa shape index (κ1) is 16.5. The molecular weight excluding hydrogens is 299 g/mol. The van der Waals surface area contributed by atoms with Gasteiger partial charge >= 0.3 is 15.5 Å². The van der Waals surface area contributed by atoms with E-state index in [4.69, 9.17) is 0 Å². The number of alkyl halides is 3. The molecule has 0 atom stereocenters. The number of rotatable bonds is 5. The molecule has 0 saturated carbocycles. The molecule has 1 heterocycles. The lowest BCUT2D eigenvalue weighted by molar-refractivity contribution is -0.0446. The number of hydrogen-bond donors (Lipinski definition) is 1. The second-order valence-corrected chi connectivity index (χ2v) is 5.71. The summed E-state index contributed by atoms with van der Waals surface area (Å²) in [6.45, 7) is 3.79. The van der Waals surface area contributed by atoms with Crippen LogP contribution in [-0.2, 0) is 10.0 Å². The zero-order chi connectivity index (χ0) is 15.6. The van der Waals surface area contributed by atoms with Crippen molar-refractivity contribution in [2.45, 2.75) is 38.2 Å². The maximum atomic E-state index is 12.1. The summed E-state index contributed by atoms with van der Waals surface area (Å²) < 4.78 is 60.3. The first-order valence-corrected chi connectivity index (χ1v) is 7.29. The van der Waals surface area contributed by atoms with Crippen molar-refractivity contribution in [3.8, 4) is 0 Å². The van der Waals surface area contributed by atoms with Gasteiger partial charge in [0, 0.05) is 6.20 Å². The number of nitrogens with one attached hydrogen (secondary N) is 1. The monoisotopic (exact) mass is 313 g/mol. The standard InChI is InChI=1S/C10H14F3N3O3S/c1-3-7(4-2)16-6-5-8(14-16)9(17)15-20(18,19)10(11,12)13/h5-7H,3-4H2,1-2H3,(H,15,17). The molecule has 1 rings (SSSR count). The summed E-state index contributed by atoms with van der Waals surface area (Å²) >= 11 is 0. The molecule has 0 saturated heterocycles. The van der Waals surface area contributed by atoms with E-state index < -0.39 is 21.4 Å². The Morgan fingerprint density at radius 3 is 2.40 bits per heavy atom. The predicted molar refractivity (Wildman–Crippen MR) is 64.3 cm³/mol. The number of amides is 1. The summed E-state index contributed by atoms with van der Waals surface area (Å²) in [4.78, 5) is 11.5. The zero-order valence-electron chi connectivity index (χ0n) is 10.8. The van der Waals surface area contributed by atoms with Crippen molar-refractivity contribution < 1.29 is 26.4 Å². The molecule has 10 heteroatoms. The van der Waals surface area contributed by atoms with Crippen LogP contribution >= 0.6 is 0 Å². The fourth-order valence-electron chi connectivity index (χ4n) is 1.56. The molecule has 0 aliphatic rings. The molecule has 114 valence electrons. The SMILES string of the molecule is CCC(CC)n1ccc(C(=O)NS(=O)(=O)C(F)(F)F)n1. The first-order valence-electron chi connectivity index (χ1n) is 5.81. The van der Waals surface area contributed by atoms with E-state index in [9.17, 15) is 26.4 Å². The second-order valence-electron chi connectivity index (χ2n) is 4.03. The minimum atomic E-state index is -5.72. The average molecular weight is 313 g/mol. The van der Waals surface area contributed by atoms with Crippen molar-refractivity contribution in [1.29, 1.82) is 0 Å². The number of carbonyl (C=O) groups is 1. The Bertz CT molecular complexity index is 576. The highest BCUT2D eigenvalue weighted by molar-refractivity contribution is 7.90. The summed E-state index contributed by atoms with van der Waals surface area (Å²) in [5.74, 6) is -1.41. The highest BCUT2D eigenvalue weighted by Gasteiger charge is 2.47. The number of halogens is 3. The highest BCUT2D eigenvalue weighted by Crippen LogP contribution is 2.22. The maximum Gasteiger partial charge on any atom is 0.516 e. The van der Waals surface area contributed by atoms with E-state index in [1.165, 1.54) is 16.9 Å². The quantitative estimate of drug-likeness (QED) is 0.899. The molecule has 20 heavy (non-hydrogen) atoms. The van der Waals surface area contributed by atoms with E-state index in [0.29, 0.717) is 0 Å². The average Bonchev–Trinajstić information content (AvgIpc) is 2.78. The molecule has 1 amide bonds. The van der Waals surface area contributed by atoms with E-state index in [0.717, 1.165) is 17.6 Å². The Morgan fingerprint density at radius 2 is 1.95 bits per heavy atom. The Kier molecular flexibility index (Phi) is 4.79. The molecule has 6 nitrogen and oxygen atoms in total. The summed E-state index contributed by atoms with van der Waals surface area (Å²) in [5.41, 5.74) is -5.93. The molecule has 1 N–H and O–H groups in total. The van der Waals surface area contributed by atoms with Crippen LogP contribution in [0, 0.1) is 0 Å². The molecule has 1 aromatic heterocycles. The van der Waals surface area contributed by atoms with Crippen LogP contribution in [0.25, 0.3) is 0 Å². The number of carbonyl (C=O) groups excluding carboxylic acids is 1. The van der Waals surface area contributed by atoms with Crippen LogP contribution in [0.15, 0.2) is 12.3 Å². The molecule has 0 spiro atoms. The fourth-order valence-corrected chi connectivity index (χ4v) is 2.02. The van der Waals surface area contributed by atoms with Crippen LogP contribution in [0.1, 0.15) is 43.2 Å². The molecular formula is C10H14F3N3O3S. The minimum Gasteiger partial charge on any atom is -0.269 e. The third-order valence-electron chi connectivity index (χ3n) is 2.69. The van der Waals surface area contributed by atoms with Gasteiger partial charge < -0.3 is 0 Å². The number of nitrogens with zero attached hydrogens (tertiary/aromatic N) is 2. The van der Waals surface area contributed by atoms with Crippen LogP contribution < -0.4 is 4.72 Å². The van der Waals surface area contributed by atoms with Crippen molar-refractivity contribution >= 4 is 15.9 Å². The number of sulfonamides is 1. The molecule has 0 unspecified atom stereocenters. The number of aromatic nitrogens is 2. The van der Waals surface area contributed by atoms with Gasteiger partial charge in [0.2, 0.25) is 0 Å². The Hall–Kier alpha value is -1.58. The molecule has 1 aromatic rings. The van der Waals surface area contributed by atoms with E-state index >= 15 is 0 Å². The van der Waals surface area contributed by atoms with E-state index in [-0.39, 0.29) is 11.7 Å². The van der Waals surface area contributed by atoms with Gasteiger partial charge in [-0.25, -0.2) is 4.72 Å². The van der Waals surface area contributed by atoms with Gasteiger partial charge in [0.15, 0.2) is 5.69 Å². The lowest BCUT2D eigenvalue weighted by Gasteiger charge is -2.12. The Balaban J connectivity index is 2.90. The van der Waals surface area contributed by atoms with Gasteiger partial charge in [-0.2, -0.15) is 26.7 Å². The summed E-state index contributed by atoms with van der Waals surface area (Å²) in [6.07, 6.45) is 2.87. The molecule has 0 aromatic carbocycles. The lowest BCUT2D eigenvalue weighted by atomic mass is 10.2. The van der Waals surface area contributed by atoms with Crippen LogP contribution in [0.5, 0.6) is 0 Å². The normalized spacial score (nSPS) is 12.7. The van der Waals surface area contributed by atoms with Crippen LogP contribution in [0.3, 0.4) is 0 Å². The lowest BCUT2D eigenvalue weighted by Crippen LogP contribution is -2.40. The Labute approximate surface area is 114 Å². The van der Waals surface area contributed by atoms with Gasteiger partial charge in [-0.15, -0.1) is 0 Å². The fraction of sp³-hybridized carbons (Fsp3) is 0.600. The van der Waals surface area contributed by atoms with E-state index in [1.807, 2.05) is 13.8 Å². The third-order valence-corrected chi connectivity index (χ3v) is 3.75. The van der Waals surface area contributed by atoms with Crippen molar-refractivity contribution in [2.24, 2.45) is 0 Å². The first-order chi connectivity index (χ1) is 9.12. The summed E-state index contributed by atoms with van der Waals surface area (Å²) in [5, 5.41) is 3.79. The van der Waals surface area contributed by atoms with Crippen LogP contribution in [0.4, 0.5) is 13.2 Å². The van der Waals surface area contributed by atoms with Gasteiger partial charge in [0.1, 0.15) is 0 Å². The number of hydrogen-bond acceptors (Lipinski definition) is 4. The smallest absolute Gasteiger partial charge is 0.269 e. The van der Waals surface area contributed by atoms with Crippen LogP contribution in [-0.4, -0.2) is 29.6 Å². The molecule has 0 bridgehead atoms.